The van der Waals surface area contributed by atoms with Gasteiger partial charge in [-0.1, -0.05) is 52.8 Å². The number of aliphatic hydroxyl groups is 1. The number of likely N-dealkylation sites (tertiary alicyclic amines) is 1. The summed E-state index contributed by atoms with van der Waals surface area (Å²) in [7, 11) is 0. The topological polar surface area (TPSA) is 98.7 Å². The van der Waals surface area contributed by atoms with Crippen LogP contribution in [0.5, 0.6) is 0 Å². The minimum Gasteiger partial charge on any atom is -0.394 e. The molecule has 3 aliphatic heterocycles. The second-order valence-electron chi connectivity index (χ2n) is 13.0. The molecule has 0 aromatic heterocycles. The molecule has 3 aliphatic rings. The number of anilines is 1. The Morgan fingerprint density at radius 3 is 2.38 bits per heavy atom. The van der Waals surface area contributed by atoms with Crippen LogP contribution in [-0.4, -0.2) is 62.0 Å². The standard InChI is InChI=1S/C29H43N3O4S/c1-8-19(15-33)32-23(25(35)31-28(6,7)16-27(3,4)5)29-17(2)14-20(37-29)21(22(29)26(32)36)24(34)30-18-12-10-9-11-13-18/h9-13,17,19-23,33H,8,14-16H2,1-7H3,(H,30,34)(H,31,35)/t17?,19-,20-,21+,22-,23?,29?/m0/s1. The molecule has 8 heteroatoms. The third-order valence-corrected chi connectivity index (χ3v) is 10.4. The highest BCUT2D eigenvalue weighted by Gasteiger charge is 2.76. The summed E-state index contributed by atoms with van der Waals surface area (Å²) in [5, 5.41) is 16.5. The molecule has 3 N–H and O–H groups in total. The number of benzene rings is 1. The van der Waals surface area contributed by atoms with Gasteiger partial charge in [0.25, 0.3) is 0 Å². The molecule has 3 unspecified atom stereocenters. The largest absolute Gasteiger partial charge is 0.394 e. The summed E-state index contributed by atoms with van der Waals surface area (Å²) in [6, 6.07) is 8.09. The van der Waals surface area contributed by atoms with Crippen LogP contribution in [0.1, 0.15) is 67.7 Å². The van der Waals surface area contributed by atoms with Crippen LogP contribution >= 0.6 is 11.8 Å². The highest BCUT2D eigenvalue weighted by Crippen LogP contribution is 2.69. The lowest BCUT2D eigenvalue weighted by atomic mass is 9.65. The van der Waals surface area contributed by atoms with E-state index in [-0.39, 0.29) is 40.9 Å². The third kappa shape index (κ3) is 4.91. The quantitative estimate of drug-likeness (QED) is 0.472. The van der Waals surface area contributed by atoms with Crippen LogP contribution in [0.4, 0.5) is 5.69 Å². The molecule has 3 heterocycles. The van der Waals surface area contributed by atoms with Gasteiger partial charge in [0.1, 0.15) is 6.04 Å². The van der Waals surface area contributed by atoms with E-state index in [0.29, 0.717) is 12.1 Å². The molecule has 3 saturated heterocycles. The summed E-state index contributed by atoms with van der Waals surface area (Å²) in [5.74, 6) is -1.56. The average molecular weight is 530 g/mol. The number of fused-ring (bicyclic) bond motifs is 1. The molecule has 3 fully saturated rings. The number of nitrogens with zero attached hydrogens (tertiary/aromatic N) is 1. The zero-order chi connectivity index (χ0) is 27.3. The molecule has 2 bridgehead atoms. The van der Waals surface area contributed by atoms with Gasteiger partial charge in [-0.05, 0) is 56.6 Å². The number of carbonyl (C=O) groups excluding carboxylic acids is 3. The number of thioether (sulfide) groups is 1. The van der Waals surface area contributed by atoms with Gasteiger partial charge >= 0.3 is 0 Å². The van der Waals surface area contributed by atoms with Crippen LogP contribution < -0.4 is 10.6 Å². The summed E-state index contributed by atoms with van der Waals surface area (Å²) < 4.78 is -0.703. The van der Waals surface area contributed by atoms with Gasteiger partial charge in [-0.25, -0.2) is 0 Å². The first kappa shape index (κ1) is 28.0. The Balaban J connectivity index is 1.72. The van der Waals surface area contributed by atoms with Crippen molar-refractivity contribution >= 4 is 35.2 Å². The molecular formula is C29H43N3O4S. The van der Waals surface area contributed by atoms with Crippen molar-refractivity contribution in [3.63, 3.8) is 0 Å². The summed E-state index contributed by atoms with van der Waals surface area (Å²) >= 11 is 1.66. The number of rotatable bonds is 8. The lowest BCUT2D eigenvalue weighted by molar-refractivity contribution is -0.142. The predicted octanol–water partition coefficient (Wildman–Crippen LogP) is 4.06. The van der Waals surface area contributed by atoms with Gasteiger partial charge in [0.05, 0.1) is 29.2 Å². The molecule has 37 heavy (non-hydrogen) atoms. The van der Waals surface area contributed by atoms with Crippen molar-refractivity contribution in [1.82, 2.24) is 10.2 Å². The fraction of sp³-hybridized carbons (Fsp3) is 0.690. The molecule has 7 atom stereocenters. The Bertz CT molecular complexity index is 1040. The molecule has 1 aromatic carbocycles. The van der Waals surface area contributed by atoms with Crippen molar-refractivity contribution in [2.75, 3.05) is 11.9 Å². The first-order valence-electron chi connectivity index (χ1n) is 13.5. The van der Waals surface area contributed by atoms with Crippen molar-refractivity contribution in [3.05, 3.63) is 30.3 Å². The minimum atomic E-state index is -0.735. The SMILES string of the molecule is CC[C@@H](CO)N1C(=O)[C@@H]2[C@H](C(=O)Nc3ccccc3)[C@@H]3CC(C)C2(S3)C1C(=O)NC(C)(C)CC(C)(C)C. The van der Waals surface area contributed by atoms with Gasteiger partial charge in [-0.2, -0.15) is 0 Å². The summed E-state index contributed by atoms with van der Waals surface area (Å²) in [6.45, 7) is 14.3. The molecular weight excluding hydrogens is 486 g/mol. The number of nitrogens with one attached hydrogen (secondary N) is 2. The van der Waals surface area contributed by atoms with E-state index >= 15 is 0 Å². The zero-order valence-electron chi connectivity index (χ0n) is 23.2. The molecule has 0 saturated carbocycles. The lowest BCUT2D eigenvalue weighted by Gasteiger charge is -2.42. The number of para-hydroxylation sites is 1. The first-order valence-corrected chi connectivity index (χ1v) is 14.4. The Morgan fingerprint density at radius 1 is 1.16 bits per heavy atom. The van der Waals surface area contributed by atoms with Crippen molar-refractivity contribution in [1.29, 1.82) is 0 Å². The number of aliphatic hydroxyl groups excluding tert-OH is 1. The fourth-order valence-electron chi connectivity index (χ4n) is 7.38. The maximum Gasteiger partial charge on any atom is 0.244 e. The van der Waals surface area contributed by atoms with Crippen LogP contribution in [0.25, 0.3) is 0 Å². The van der Waals surface area contributed by atoms with E-state index < -0.39 is 34.2 Å². The van der Waals surface area contributed by atoms with Crippen molar-refractivity contribution in [2.45, 2.75) is 95.3 Å². The highest BCUT2D eigenvalue weighted by molar-refractivity contribution is 8.02. The van der Waals surface area contributed by atoms with Gasteiger partial charge in [-0.3, -0.25) is 14.4 Å². The number of hydrogen-bond donors (Lipinski definition) is 3. The minimum absolute atomic E-state index is 0.00825. The average Bonchev–Trinajstić information content (AvgIpc) is 3.37. The van der Waals surface area contributed by atoms with E-state index in [0.717, 1.165) is 12.8 Å². The molecule has 4 rings (SSSR count). The molecule has 3 amide bonds. The second kappa shape index (κ2) is 9.92. The van der Waals surface area contributed by atoms with Gasteiger partial charge in [-0.15, -0.1) is 11.8 Å². The Kier molecular flexibility index (Phi) is 7.49. The van der Waals surface area contributed by atoms with Crippen molar-refractivity contribution in [2.24, 2.45) is 23.2 Å². The molecule has 204 valence electrons. The summed E-state index contributed by atoms with van der Waals surface area (Å²) in [4.78, 5) is 43.6. The molecule has 1 aromatic rings. The Labute approximate surface area is 225 Å². The van der Waals surface area contributed by atoms with Crippen LogP contribution in [0.3, 0.4) is 0 Å². The number of hydrogen-bond acceptors (Lipinski definition) is 5. The second-order valence-corrected chi connectivity index (χ2v) is 14.6. The maximum absolute atomic E-state index is 14.2. The van der Waals surface area contributed by atoms with Crippen LogP contribution in [-0.2, 0) is 14.4 Å². The summed E-state index contributed by atoms with van der Waals surface area (Å²) in [6.07, 6.45) is 2.08. The Morgan fingerprint density at radius 2 is 1.81 bits per heavy atom. The van der Waals surface area contributed by atoms with E-state index in [2.05, 4.69) is 38.3 Å². The Hall–Kier alpha value is -2.06. The smallest absolute Gasteiger partial charge is 0.244 e. The molecule has 0 radical (unpaired) electrons. The predicted molar refractivity (Wildman–Crippen MR) is 148 cm³/mol. The normalized spacial score (nSPS) is 31.8. The molecule has 0 aliphatic carbocycles. The van der Waals surface area contributed by atoms with E-state index in [1.165, 1.54) is 0 Å². The van der Waals surface area contributed by atoms with Crippen LogP contribution in [0.15, 0.2) is 30.3 Å². The molecule has 1 spiro atoms. The van der Waals surface area contributed by atoms with E-state index in [1.807, 2.05) is 51.1 Å². The van der Waals surface area contributed by atoms with E-state index in [1.54, 1.807) is 16.7 Å². The summed E-state index contributed by atoms with van der Waals surface area (Å²) in [5.41, 5.74) is 0.229. The monoisotopic (exact) mass is 529 g/mol. The van der Waals surface area contributed by atoms with Gasteiger partial charge < -0.3 is 20.6 Å². The maximum atomic E-state index is 14.2. The third-order valence-electron chi connectivity index (χ3n) is 8.29. The van der Waals surface area contributed by atoms with Crippen LogP contribution in [0.2, 0.25) is 0 Å². The van der Waals surface area contributed by atoms with E-state index in [9.17, 15) is 19.5 Å². The van der Waals surface area contributed by atoms with Gasteiger partial charge in [0.15, 0.2) is 0 Å². The molecule has 7 nitrogen and oxygen atoms in total. The lowest BCUT2D eigenvalue weighted by Crippen LogP contribution is -2.61. The highest BCUT2D eigenvalue weighted by atomic mass is 32.2. The first-order chi connectivity index (χ1) is 17.3. The van der Waals surface area contributed by atoms with Crippen molar-refractivity contribution in [3.8, 4) is 0 Å². The fourth-order valence-corrected chi connectivity index (χ4v) is 9.79. The van der Waals surface area contributed by atoms with Crippen LogP contribution in [0, 0.1) is 23.2 Å². The number of carbonyl (C=O) groups is 3. The van der Waals surface area contributed by atoms with E-state index in [4.69, 9.17) is 0 Å². The number of amides is 3. The van der Waals surface area contributed by atoms with Crippen molar-refractivity contribution < 1.29 is 19.5 Å². The van der Waals surface area contributed by atoms with Gasteiger partial charge in [0.2, 0.25) is 17.7 Å². The zero-order valence-corrected chi connectivity index (χ0v) is 24.0. The van der Waals surface area contributed by atoms with Gasteiger partial charge in [0, 0.05) is 16.5 Å².